The van der Waals surface area contributed by atoms with E-state index in [0.29, 0.717) is 6.54 Å². The Morgan fingerprint density at radius 2 is 2.21 bits per heavy atom. The van der Waals surface area contributed by atoms with Gasteiger partial charge in [-0.3, -0.25) is 0 Å². The van der Waals surface area contributed by atoms with E-state index in [2.05, 4.69) is 0 Å². The molecule has 0 aliphatic heterocycles. The average molecular weight is 213 g/mol. The lowest BCUT2D eigenvalue weighted by Crippen LogP contribution is -1.99. The summed E-state index contributed by atoms with van der Waals surface area (Å²) in [5, 5.41) is 0. The molecule has 0 aliphatic carbocycles. The van der Waals surface area contributed by atoms with Crippen molar-refractivity contribution < 1.29 is 8.92 Å². The quantitative estimate of drug-likeness (QED) is 0.762. The van der Waals surface area contributed by atoms with Gasteiger partial charge >= 0.3 is 0 Å². The largest absolute Gasteiger partial charge is 0.496 e. The third-order valence-corrected chi connectivity index (χ3v) is 2.30. The first-order valence-electron chi connectivity index (χ1n) is 4.48. The Morgan fingerprint density at radius 1 is 1.43 bits per heavy atom. The number of ether oxygens (including phenoxy) is 1. The molecule has 0 aliphatic rings. The summed E-state index contributed by atoms with van der Waals surface area (Å²) >= 11 is 1.41. The van der Waals surface area contributed by atoms with Crippen molar-refractivity contribution in [3.05, 3.63) is 23.8 Å². The molecule has 3 nitrogen and oxygen atoms in total. The predicted octanol–water partition coefficient (Wildman–Crippen LogP) is 2.20. The van der Waals surface area contributed by atoms with Crippen molar-refractivity contribution in [3.63, 3.8) is 0 Å². The lowest BCUT2D eigenvalue weighted by atomic mass is 10.2. The van der Waals surface area contributed by atoms with Crippen LogP contribution in [0.25, 0.3) is 0 Å². The third-order valence-electron chi connectivity index (χ3n) is 1.75. The highest BCUT2D eigenvalue weighted by atomic mass is 32.2. The van der Waals surface area contributed by atoms with E-state index in [4.69, 9.17) is 14.7 Å². The summed E-state index contributed by atoms with van der Waals surface area (Å²) in [6.45, 7) is 2.51. The molecule has 0 fully saturated rings. The summed E-state index contributed by atoms with van der Waals surface area (Å²) < 4.78 is 10.6. The molecule has 0 radical (unpaired) electrons. The van der Waals surface area contributed by atoms with Crippen LogP contribution in [-0.2, 0) is 6.54 Å². The minimum Gasteiger partial charge on any atom is -0.496 e. The van der Waals surface area contributed by atoms with Crippen LogP contribution in [0.2, 0.25) is 0 Å². The van der Waals surface area contributed by atoms with Crippen LogP contribution < -0.4 is 14.7 Å². The van der Waals surface area contributed by atoms with Gasteiger partial charge < -0.3 is 14.7 Å². The molecule has 0 bridgehead atoms. The van der Waals surface area contributed by atoms with E-state index >= 15 is 0 Å². The number of rotatable bonds is 5. The Hall–Kier alpha value is -0.870. The fraction of sp³-hybridized carbons (Fsp3) is 0.400. The Labute approximate surface area is 88.8 Å². The average Bonchev–Trinajstić information content (AvgIpc) is 2.25. The number of hydrogen-bond acceptors (Lipinski definition) is 4. The summed E-state index contributed by atoms with van der Waals surface area (Å²) in [4.78, 5) is 0. The molecule has 1 aromatic carbocycles. The maximum atomic E-state index is 5.55. The zero-order chi connectivity index (χ0) is 10.4. The van der Waals surface area contributed by atoms with Gasteiger partial charge in [-0.25, -0.2) is 0 Å². The van der Waals surface area contributed by atoms with Crippen LogP contribution in [0.1, 0.15) is 12.5 Å². The highest BCUT2D eigenvalue weighted by molar-refractivity contribution is 7.94. The van der Waals surface area contributed by atoms with Crippen LogP contribution in [0.15, 0.2) is 18.2 Å². The van der Waals surface area contributed by atoms with Crippen LogP contribution >= 0.6 is 12.0 Å². The normalized spacial score (nSPS) is 9.93. The predicted molar refractivity (Wildman–Crippen MR) is 59.6 cm³/mol. The molecule has 0 atom stereocenters. The molecule has 0 amide bonds. The van der Waals surface area contributed by atoms with Gasteiger partial charge in [-0.05, 0) is 6.07 Å². The van der Waals surface area contributed by atoms with Gasteiger partial charge in [0.25, 0.3) is 0 Å². The lowest BCUT2D eigenvalue weighted by Gasteiger charge is -2.08. The molecule has 1 aromatic rings. The van der Waals surface area contributed by atoms with Crippen molar-refractivity contribution in [1.82, 2.24) is 0 Å². The number of methoxy groups -OCH3 is 1. The van der Waals surface area contributed by atoms with Gasteiger partial charge in [-0.15, -0.1) is 0 Å². The first-order chi connectivity index (χ1) is 6.81. The second-order valence-electron chi connectivity index (χ2n) is 2.67. The Balaban J connectivity index is 2.79. The summed E-state index contributed by atoms with van der Waals surface area (Å²) in [5.74, 6) is 2.49. The smallest absolute Gasteiger partial charge is 0.141 e. The highest BCUT2D eigenvalue weighted by Gasteiger charge is 2.03. The SMILES string of the molecule is CCSOc1ccc(CN)c(OC)c1. The Bertz CT molecular complexity index is 291. The van der Waals surface area contributed by atoms with Gasteiger partial charge in [-0.1, -0.05) is 13.0 Å². The molecule has 0 heterocycles. The van der Waals surface area contributed by atoms with Gasteiger partial charge in [-0.2, -0.15) is 0 Å². The summed E-state index contributed by atoms with van der Waals surface area (Å²) in [7, 11) is 1.63. The molecule has 0 unspecified atom stereocenters. The van der Waals surface area contributed by atoms with E-state index < -0.39 is 0 Å². The summed E-state index contributed by atoms with van der Waals surface area (Å²) in [5.41, 5.74) is 6.54. The molecule has 78 valence electrons. The number of hydrogen-bond donors (Lipinski definition) is 1. The molecular weight excluding hydrogens is 198 g/mol. The molecule has 0 aromatic heterocycles. The minimum atomic E-state index is 0.477. The minimum absolute atomic E-state index is 0.477. The van der Waals surface area contributed by atoms with E-state index in [9.17, 15) is 0 Å². The van der Waals surface area contributed by atoms with Crippen LogP contribution in [0.3, 0.4) is 0 Å². The zero-order valence-corrected chi connectivity index (χ0v) is 9.26. The molecule has 0 spiro atoms. The van der Waals surface area contributed by atoms with E-state index in [1.165, 1.54) is 12.0 Å². The highest BCUT2D eigenvalue weighted by Crippen LogP contribution is 2.26. The van der Waals surface area contributed by atoms with Crippen molar-refractivity contribution in [2.24, 2.45) is 5.73 Å². The van der Waals surface area contributed by atoms with Gasteiger partial charge in [0.05, 0.1) is 19.2 Å². The van der Waals surface area contributed by atoms with Gasteiger partial charge in [0.2, 0.25) is 0 Å². The topological polar surface area (TPSA) is 44.5 Å². The fourth-order valence-corrected chi connectivity index (χ4v) is 1.43. The first kappa shape index (κ1) is 11.2. The molecule has 0 saturated carbocycles. The van der Waals surface area contributed by atoms with E-state index in [1.54, 1.807) is 7.11 Å². The maximum Gasteiger partial charge on any atom is 0.141 e. The Morgan fingerprint density at radius 3 is 2.79 bits per heavy atom. The molecule has 4 heteroatoms. The van der Waals surface area contributed by atoms with E-state index in [1.807, 2.05) is 25.1 Å². The van der Waals surface area contributed by atoms with Crippen molar-refractivity contribution >= 4 is 12.0 Å². The van der Waals surface area contributed by atoms with Crippen molar-refractivity contribution in [2.75, 3.05) is 12.9 Å². The van der Waals surface area contributed by atoms with Gasteiger partial charge in [0, 0.05) is 23.9 Å². The standard InChI is InChI=1S/C10H15NO2S/c1-3-14-13-9-5-4-8(7-11)10(6-9)12-2/h4-6H,3,7,11H2,1-2H3. The monoisotopic (exact) mass is 213 g/mol. The van der Waals surface area contributed by atoms with Crippen LogP contribution in [0.4, 0.5) is 0 Å². The first-order valence-corrected chi connectivity index (χ1v) is 5.39. The lowest BCUT2D eigenvalue weighted by molar-refractivity contribution is 0.408. The van der Waals surface area contributed by atoms with E-state index in [0.717, 1.165) is 22.8 Å². The van der Waals surface area contributed by atoms with Crippen LogP contribution in [0, 0.1) is 0 Å². The van der Waals surface area contributed by atoms with Crippen molar-refractivity contribution in [1.29, 1.82) is 0 Å². The van der Waals surface area contributed by atoms with Crippen molar-refractivity contribution in [2.45, 2.75) is 13.5 Å². The molecule has 14 heavy (non-hydrogen) atoms. The van der Waals surface area contributed by atoms with Crippen molar-refractivity contribution in [3.8, 4) is 11.5 Å². The third kappa shape index (κ3) is 2.82. The summed E-state index contributed by atoms with van der Waals surface area (Å²) in [6, 6.07) is 5.67. The number of nitrogens with two attached hydrogens (primary N) is 1. The summed E-state index contributed by atoms with van der Waals surface area (Å²) in [6.07, 6.45) is 0. The second kappa shape index (κ2) is 5.78. The zero-order valence-electron chi connectivity index (χ0n) is 8.45. The van der Waals surface area contributed by atoms with Crippen LogP contribution in [-0.4, -0.2) is 12.9 Å². The molecule has 1 rings (SSSR count). The number of benzene rings is 1. The van der Waals surface area contributed by atoms with Crippen LogP contribution in [0.5, 0.6) is 11.5 Å². The second-order valence-corrected chi connectivity index (χ2v) is 3.65. The molecule has 2 N–H and O–H groups in total. The van der Waals surface area contributed by atoms with Gasteiger partial charge in [0.15, 0.2) is 0 Å². The molecule has 0 saturated heterocycles. The maximum absolute atomic E-state index is 5.55. The van der Waals surface area contributed by atoms with Gasteiger partial charge in [0.1, 0.15) is 11.5 Å². The fourth-order valence-electron chi connectivity index (χ4n) is 1.07. The van der Waals surface area contributed by atoms with E-state index in [-0.39, 0.29) is 0 Å². The molecular formula is C10H15NO2S. The Kier molecular flexibility index (Phi) is 4.62.